The summed E-state index contributed by atoms with van der Waals surface area (Å²) in [6.07, 6.45) is 1.07. The molecule has 34 heavy (non-hydrogen) atoms. The molecule has 0 unspecified atom stereocenters. The summed E-state index contributed by atoms with van der Waals surface area (Å²) in [6, 6.07) is 17.7. The van der Waals surface area contributed by atoms with Crippen LogP contribution in [0.15, 0.2) is 91.5 Å². The Morgan fingerprint density at radius 3 is 1.82 bits per heavy atom. The molecule has 0 amide bonds. The Morgan fingerprint density at radius 1 is 0.794 bits per heavy atom. The largest absolute Gasteiger partial charge is 0.423 e. The van der Waals surface area contributed by atoms with Crippen molar-refractivity contribution in [2.45, 2.75) is 6.92 Å². The van der Waals surface area contributed by atoms with Gasteiger partial charge in [0.15, 0.2) is 0 Å². The van der Waals surface area contributed by atoms with Gasteiger partial charge >= 0.3 is 11.9 Å². The maximum atomic E-state index is 14.5. The van der Waals surface area contributed by atoms with E-state index in [1.54, 1.807) is 67.6 Å². The van der Waals surface area contributed by atoms with Gasteiger partial charge < -0.3 is 9.47 Å². The highest BCUT2D eigenvalue weighted by atomic mass is 19.1. The average Bonchev–Trinajstić information content (AvgIpc) is 2.83. The first kappa shape index (κ1) is 23.8. The molecule has 0 atom stereocenters. The monoisotopic (exact) mass is 450 g/mol. The zero-order valence-electron chi connectivity index (χ0n) is 18.4. The molecule has 0 heterocycles. The van der Waals surface area contributed by atoms with Gasteiger partial charge in [0.05, 0.1) is 5.56 Å². The van der Waals surface area contributed by atoms with Crippen molar-refractivity contribution in [1.29, 1.82) is 0 Å². The lowest BCUT2D eigenvalue weighted by atomic mass is 10.1. The van der Waals surface area contributed by atoms with Crippen LogP contribution in [0.4, 0.5) is 4.39 Å². The number of benzene rings is 3. The molecule has 5 heteroatoms. The Morgan fingerprint density at radius 2 is 1.29 bits per heavy atom. The highest BCUT2D eigenvalue weighted by molar-refractivity contribution is 5.88. The van der Waals surface area contributed by atoms with Crippen molar-refractivity contribution in [3.8, 4) is 35.2 Å². The molecule has 0 fully saturated rings. The highest BCUT2D eigenvalue weighted by Gasteiger charge is 2.05. The third-order valence-electron chi connectivity index (χ3n) is 4.31. The van der Waals surface area contributed by atoms with E-state index in [0.29, 0.717) is 33.8 Å². The molecule has 0 bridgehead atoms. The van der Waals surface area contributed by atoms with E-state index in [1.807, 2.05) is 0 Å². The molecule has 3 rings (SSSR count). The van der Waals surface area contributed by atoms with Gasteiger partial charge in [-0.2, -0.15) is 0 Å². The number of esters is 2. The van der Waals surface area contributed by atoms with Gasteiger partial charge in [0.2, 0.25) is 0 Å². The molecule has 0 aliphatic rings. The van der Waals surface area contributed by atoms with Gasteiger partial charge in [0.25, 0.3) is 0 Å². The van der Waals surface area contributed by atoms with E-state index in [-0.39, 0.29) is 5.56 Å². The maximum absolute atomic E-state index is 14.5. The van der Waals surface area contributed by atoms with Crippen molar-refractivity contribution in [3.63, 3.8) is 0 Å². The summed E-state index contributed by atoms with van der Waals surface area (Å²) in [5.74, 6) is 10.7. The fraction of sp³-hybridized carbons (Fsp3) is 0.0345. The van der Waals surface area contributed by atoms with Crippen LogP contribution in [-0.4, -0.2) is 11.9 Å². The topological polar surface area (TPSA) is 52.6 Å². The Kier molecular flexibility index (Phi) is 7.79. The summed E-state index contributed by atoms with van der Waals surface area (Å²) in [6.45, 7) is 8.44. The van der Waals surface area contributed by atoms with Gasteiger partial charge in [-0.25, -0.2) is 14.0 Å². The molecule has 0 aliphatic heterocycles. The van der Waals surface area contributed by atoms with Crippen LogP contribution in [0.2, 0.25) is 0 Å². The summed E-state index contributed by atoms with van der Waals surface area (Å²) in [5, 5.41) is 0. The standard InChI is InChI=1S/C29H19FO4/c1-4-28(31)33-25-15-9-22(10-16-25)7-13-24-14-8-23(19-27(24)30)6-5-21-11-17-26(18-12-21)34-29(32)20(2)3/h4,8-12,14-19H,1-2H2,3H3. The molecule has 4 nitrogen and oxygen atoms in total. The first-order valence-corrected chi connectivity index (χ1v) is 10.1. The maximum Gasteiger partial charge on any atom is 0.338 e. The number of hydrogen-bond acceptors (Lipinski definition) is 4. The fourth-order valence-electron chi connectivity index (χ4n) is 2.54. The summed E-state index contributed by atoms with van der Waals surface area (Å²) in [5.41, 5.74) is 2.36. The van der Waals surface area contributed by atoms with E-state index in [4.69, 9.17) is 9.47 Å². The van der Waals surface area contributed by atoms with Crippen LogP contribution in [-0.2, 0) is 9.59 Å². The van der Waals surface area contributed by atoms with Crippen LogP contribution in [0.25, 0.3) is 0 Å². The quantitative estimate of drug-likeness (QED) is 0.237. The Bertz CT molecular complexity index is 1380. The van der Waals surface area contributed by atoms with Crippen LogP contribution in [0.1, 0.15) is 29.2 Å². The van der Waals surface area contributed by atoms with Crippen molar-refractivity contribution < 1.29 is 23.5 Å². The molecule has 0 aromatic heterocycles. The van der Waals surface area contributed by atoms with E-state index >= 15 is 0 Å². The van der Waals surface area contributed by atoms with Gasteiger partial charge in [-0.1, -0.05) is 36.8 Å². The smallest absolute Gasteiger partial charge is 0.338 e. The number of carbonyl (C=O) groups excluding carboxylic acids is 2. The predicted molar refractivity (Wildman–Crippen MR) is 128 cm³/mol. The molecule has 0 saturated carbocycles. The van der Waals surface area contributed by atoms with Crippen LogP contribution in [0.3, 0.4) is 0 Å². The molecular formula is C29H19FO4. The molecular weight excluding hydrogens is 431 g/mol. The van der Waals surface area contributed by atoms with Gasteiger partial charge in [-0.05, 0) is 73.7 Å². The minimum Gasteiger partial charge on any atom is -0.423 e. The lowest BCUT2D eigenvalue weighted by Gasteiger charge is -2.03. The van der Waals surface area contributed by atoms with Gasteiger partial charge in [0, 0.05) is 28.3 Å². The van der Waals surface area contributed by atoms with E-state index in [2.05, 4.69) is 36.8 Å². The summed E-state index contributed by atoms with van der Waals surface area (Å²) in [4.78, 5) is 22.7. The summed E-state index contributed by atoms with van der Waals surface area (Å²) >= 11 is 0. The summed E-state index contributed by atoms with van der Waals surface area (Å²) in [7, 11) is 0. The normalized spacial score (nSPS) is 9.47. The first-order valence-electron chi connectivity index (χ1n) is 10.1. The number of rotatable bonds is 4. The minimum atomic E-state index is -0.551. The van der Waals surface area contributed by atoms with Crippen molar-refractivity contribution >= 4 is 11.9 Å². The number of ether oxygens (including phenoxy) is 2. The van der Waals surface area contributed by atoms with Crippen LogP contribution < -0.4 is 9.47 Å². The average molecular weight is 450 g/mol. The van der Waals surface area contributed by atoms with E-state index in [1.165, 1.54) is 6.07 Å². The van der Waals surface area contributed by atoms with Crippen molar-refractivity contribution in [1.82, 2.24) is 0 Å². The van der Waals surface area contributed by atoms with E-state index in [9.17, 15) is 14.0 Å². The first-order chi connectivity index (χ1) is 16.3. The van der Waals surface area contributed by atoms with Crippen LogP contribution in [0, 0.1) is 29.5 Å². The van der Waals surface area contributed by atoms with Gasteiger partial charge in [-0.3, -0.25) is 0 Å². The fourth-order valence-corrected chi connectivity index (χ4v) is 2.54. The van der Waals surface area contributed by atoms with E-state index < -0.39 is 17.8 Å². The zero-order valence-corrected chi connectivity index (χ0v) is 18.4. The van der Waals surface area contributed by atoms with Crippen molar-refractivity contribution in [3.05, 3.63) is 120 Å². The third-order valence-corrected chi connectivity index (χ3v) is 4.31. The highest BCUT2D eigenvalue weighted by Crippen LogP contribution is 2.15. The van der Waals surface area contributed by atoms with Crippen LogP contribution in [0.5, 0.6) is 11.5 Å². The number of hydrogen-bond donors (Lipinski definition) is 0. The molecule has 0 spiro atoms. The molecule has 0 aliphatic carbocycles. The summed E-state index contributed by atoms with van der Waals surface area (Å²) < 4.78 is 24.6. The SMILES string of the molecule is C=CC(=O)Oc1ccc(C#Cc2ccc(C#Cc3ccc(OC(=O)C(=C)C)cc3)cc2F)cc1. The predicted octanol–water partition coefficient (Wildman–Crippen LogP) is 5.20. The van der Waals surface area contributed by atoms with Crippen LogP contribution >= 0.6 is 0 Å². The lowest BCUT2D eigenvalue weighted by Crippen LogP contribution is -2.07. The van der Waals surface area contributed by atoms with Gasteiger partial charge in [0.1, 0.15) is 17.3 Å². The molecule has 3 aromatic carbocycles. The molecule has 0 saturated heterocycles. The van der Waals surface area contributed by atoms with E-state index in [0.717, 1.165) is 6.08 Å². The molecule has 3 aromatic rings. The minimum absolute atomic E-state index is 0.233. The zero-order chi connectivity index (χ0) is 24.5. The second kappa shape index (κ2) is 11.1. The third kappa shape index (κ3) is 6.82. The number of carbonyl (C=O) groups is 2. The molecule has 0 radical (unpaired) electrons. The molecule has 0 N–H and O–H groups in total. The van der Waals surface area contributed by atoms with Gasteiger partial charge in [-0.15, -0.1) is 0 Å². The Labute approximate surface area is 197 Å². The second-order valence-corrected chi connectivity index (χ2v) is 7.04. The lowest BCUT2D eigenvalue weighted by molar-refractivity contribution is -0.130. The Balaban J connectivity index is 1.67. The molecule has 166 valence electrons. The number of halogens is 1. The Hall–Kier alpha value is -4.87. The van der Waals surface area contributed by atoms with Crippen molar-refractivity contribution in [2.24, 2.45) is 0 Å². The second-order valence-electron chi connectivity index (χ2n) is 7.04. The van der Waals surface area contributed by atoms with Crippen molar-refractivity contribution in [2.75, 3.05) is 0 Å².